The van der Waals surface area contributed by atoms with Crippen molar-refractivity contribution in [3.8, 4) is 0 Å². The van der Waals surface area contributed by atoms with Gasteiger partial charge in [-0.25, -0.2) is 0 Å². The second kappa shape index (κ2) is 5.79. The zero-order valence-electron chi connectivity index (χ0n) is 9.96. The van der Waals surface area contributed by atoms with Crippen LogP contribution in [0.15, 0.2) is 18.2 Å². The average molecular weight is 273 g/mol. The molecule has 0 bridgehead atoms. The molecular weight excluding hydrogens is 260 g/mol. The molecule has 0 spiro atoms. The Kier molecular flexibility index (Phi) is 4.63. The largest absolute Gasteiger partial charge is 0.394 e. The van der Waals surface area contributed by atoms with E-state index >= 15 is 0 Å². The molecule has 1 N–H and O–H groups in total. The number of nitro groups is 1. The molecule has 18 heavy (non-hydrogen) atoms. The topological polar surface area (TPSA) is 83.7 Å². The SMILES string of the molecule is CC(CO)N(C)C(=O)c1ccc([N+](=O)[O-])cc1Cl. The number of carbonyl (C=O) groups is 1. The zero-order chi connectivity index (χ0) is 13.9. The maximum atomic E-state index is 12.0. The van der Waals surface area contributed by atoms with Crippen LogP contribution in [0, 0.1) is 10.1 Å². The average Bonchev–Trinajstić information content (AvgIpc) is 2.35. The number of halogens is 1. The predicted octanol–water partition coefficient (Wildman–Crippen LogP) is 1.70. The van der Waals surface area contributed by atoms with Gasteiger partial charge in [0.1, 0.15) is 0 Å². The van der Waals surface area contributed by atoms with Crippen LogP contribution in [0.5, 0.6) is 0 Å². The molecule has 0 saturated carbocycles. The van der Waals surface area contributed by atoms with Gasteiger partial charge in [0.25, 0.3) is 11.6 Å². The number of rotatable bonds is 4. The summed E-state index contributed by atoms with van der Waals surface area (Å²) in [5, 5.41) is 19.5. The second-order valence-corrected chi connectivity index (χ2v) is 4.28. The van der Waals surface area contributed by atoms with Crippen molar-refractivity contribution in [2.75, 3.05) is 13.7 Å². The Balaban J connectivity index is 3.04. The number of carbonyl (C=O) groups excluding carboxylic acids is 1. The van der Waals surface area contributed by atoms with Crippen molar-refractivity contribution in [2.45, 2.75) is 13.0 Å². The Labute approximate surface area is 109 Å². The molecule has 0 aromatic heterocycles. The monoisotopic (exact) mass is 272 g/mol. The van der Waals surface area contributed by atoms with E-state index in [1.54, 1.807) is 6.92 Å². The van der Waals surface area contributed by atoms with E-state index < -0.39 is 10.8 Å². The molecule has 7 heteroatoms. The van der Waals surface area contributed by atoms with Gasteiger partial charge >= 0.3 is 0 Å². The first-order chi connectivity index (χ1) is 8.38. The summed E-state index contributed by atoms with van der Waals surface area (Å²) in [6.45, 7) is 1.50. The zero-order valence-corrected chi connectivity index (χ0v) is 10.7. The van der Waals surface area contributed by atoms with Gasteiger partial charge in [-0.2, -0.15) is 0 Å². The van der Waals surface area contributed by atoms with Crippen molar-refractivity contribution in [2.24, 2.45) is 0 Å². The van der Waals surface area contributed by atoms with Crippen molar-refractivity contribution in [3.63, 3.8) is 0 Å². The molecule has 0 radical (unpaired) electrons. The van der Waals surface area contributed by atoms with Crippen LogP contribution in [0.2, 0.25) is 5.02 Å². The molecule has 0 aliphatic carbocycles. The van der Waals surface area contributed by atoms with E-state index in [1.807, 2.05) is 0 Å². The number of hydrogen-bond acceptors (Lipinski definition) is 4. The summed E-state index contributed by atoms with van der Waals surface area (Å²) in [7, 11) is 1.53. The Morgan fingerprint density at radius 1 is 1.61 bits per heavy atom. The van der Waals surface area contributed by atoms with Gasteiger partial charge in [0, 0.05) is 19.2 Å². The van der Waals surface area contributed by atoms with E-state index in [-0.39, 0.29) is 28.9 Å². The number of amides is 1. The van der Waals surface area contributed by atoms with Crippen LogP contribution in [-0.4, -0.2) is 40.5 Å². The van der Waals surface area contributed by atoms with E-state index in [4.69, 9.17) is 16.7 Å². The smallest absolute Gasteiger partial charge is 0.270 e. The third kappa shape index (κ3) is 2.96. The van der Waals surface area contributed by atoms with Crippen molar-refractivity contribution >= 4 is 23.2 Å². The van der Waals surface area contributed by atoms with Gasteiger partial charge in [-0.3, -0.25) is 14.9 Å². The van der Waals surface area contributed by atoms with Gasteiger partial charge in [0.2, 0.25) is 0 Å². The van der Waals surface area contributed by atoms with Crippen LogP contribution in [-0.2, 0) is 0 Å². The third-order valence-corrected chi connectivity index (χ3v) is 2.95. The minimum absolute atomic E-state index is 0.0196. The lowest BCUT2D eigenvalue weighted by molar-refractivity contribution is -0.384. The summed E-state index contributed by atoms with van der Waals surface area (Å²) >= 11 is 5.85. The van der Waals surface area contributed by atoms with Crippen LogP contribution in [0.4, 0.5) is 5.69 Å². The molecule has 0 aliphatic rings. The Hall–Kier alpha value is -1.66. The normalized spacial score (nSPS) is 12.0. The molecule has 1 rings (SSSR count). The minimum Gasteiger partial charge on any atom is -0.394 e. The van der Waals surface area contributed by atoms with Gasteiger partial charge in [0.15, 0.2) is 0 Å². The molecule has 1 amide bonds. The third-order valence-electron chi connectivity index (χ3n) is 2.64. The Bertz CT molecular complexity index is 478. The lowest BCUT2D eigenvalue weighted by Crippen LogP contribution is -2.37. The number of benzene rings is 1. The molecule has 1 unspecified atom stereocenters. The number of aliphatic hydroxyl groups excluding tert-OH is 1. The molecule has 0 aliphatic heterocycles. The van der Waals surface area contributed by atoms with Gasteiger partial charge in [0.05, 0.1) is 28.2 Å². The van der Waals surface area contributed by atoms with Gasteiger partial charge < -0.3 is 10.0 Å². The summed E-state index contributed by atoms with van der Waals surface area (Å²) in [4.78, 5) is 23.3. The molecule has 6 nitrogen and oxygen atoms in total. The van der Waals surface area contributed by atoms with Crippen LogP contribution in [0.3, 0.4) is 0 Å². The van der Waals surface area contributed by atoms with E-state index in [2.05, 4.69) is 0 Å². The lowest BCUT2D eigenvalue weighted by Gasteiger charge is -2.23. The minimum atomic E-state index is -0.583. The highest BCUT2D eigenvalue weighted by molar-refractivity contribution is 6.34. The van der Waals surface area contributed by atoms with Crippen LogP contribution in [0.1, 0.15) is 17.3 Å². The fourth-order valence-corrected chi connectivity index (χ4v) is 1.56. The van der Waals surface area contributed by atoms with Crippen molar-refractivity contribution in [1.82, 2.24) is 4.90 Å². The highest BCUT2D eigenvalue weighted by Gasteiger charge is 2.20. The first-order valence-corrected chi connectivity index (χ1v) is 5.58. The van der Waals surface area contributed by atoms with Gasteiger partial charge in [-0.05, 0) is 13.0 Å². The molecule has 1 aromatic rings. The molecule has 1 aromatic carbocycles. The predicted molar refractivity (Wildman–Crippen MR) is 66.7 cm³/mol. The van der Waals surface area contributed by atoms with Gasteiger partial charge in [-0.1, -0.05) is 11.6 Å². The summed E-state index contributed by atoms with van der Waals surface area (Å²) in [5.74, 6) is -0.392. The van der Waals surface area contributed by atoms with Gasteiger partial charge in [-0.15, -0.1) is 0 Å². The van der Waals surface area contributed by atoms with E-state index in [0.29, 0.717) is 0 Å². The summed E-state index contributed by atoms with van der Waals surface area (Å²) in [6, 6.07) is 3.30. The van der Waals surface area contributed by atoms with E-state index in [9.17, 15) is 14.9 Å². The molecule has 0 heterocycles. The first-order valence-electron chi connectivity index (χ1n) is 5.20. The highest BCUT2D eigenvalue weighted by atomic mass is 35.5. The molecule has 0 saturated heterocycles. The number of nitrogens with zero attached hydrogens (tertiary/aromatic N) is 2. The van der Waals surface area contributed by atoms with Crippen LogP contribution < -0.4 is 0 Å². The molecule has 1 atom stereocenters. The lowest BCUT2D eigenvalue weighted by atomic mass is 10.1. The second-order valence-electron chi connectivity index (χ2n) is 3.87. The standard InChI is InChI=1S/C11H13ClN2O4/c1-7(6-15)13(2)11(16)9-4-3-8(14(17)18)5-10(9)12/h3-5,7,15H,6H2,1-2H3. The number of nitro benzene ring substituents is 1. The van der Waals surface area contributed by atoms with Crippen LogP contribution >= 0.6 is 11.6 Å². The number of likely N-dealkylation sites (N-methyl/N-ethyl adjacent to an activating group) is 1. The first kappa shape index (κ1) is 14.4. The summed E-state index contributed by atoms with van der Waals surface area (Å²) in [5.41, 5.74) is -0.000485. The fourth-order valence-electron chi connectivity index (χ4n) is 1.30. The highest BCUT2D eigenvalue weighted by Crippen LogP contribution is 2.23. The number of hydrogen-bond donors (Lipinski definition) is 1. The maximum Gasteiger partial charge on any atom is 0.270 e. The maximum absolute atomic E-state index is 12.0. The van der Waals surface area contributed by atoms with E-state index in [1.165, 1.54) is 24.1 Å². The van der Waals surface area contributed by atoms with Crippen molar-refractivity contribution < 1.29 is 14.8 Å². The number of aliphatic hydroxyl groups is 1. The quantitative estimate of drug-likeness (QED) is 0.668. The molecule has 0 fully saturated rings. The van der Waals surface area contributed by atoms with E-state index in [0.717, 1.165) is 6.07 Å². The van der Waals surface area contributed by atoms with Crippen molar-refractivity contribution in [1.29, 1.82) is 0 Å². The Morgan fingerprint density at radius 3 is 2.67 bits per heavy atom. The fraction of sp³-hybridized carbons (Fsp3) is 0.364. The number of non-ortho nitro benzene ring substituents is 1. The molecular formula is C11H13ClN2O4. The summed E-state index contributed by atoms with van der Waals surface area (Å²) in [6.07, 6.45) is 0. The molecule has 98 valence electrons. The van der Waals surface area contributed by atoms with Crippen LogP contribution in [0.25, 0.3) is 0 Å². The Morgan fingerprint density at radius 2 is 2.22 bits per heavy atom. The summed E-state index contributed by atoms with van der Waals surface area (Å²) < 4.78 is 0. The van der Waals surface area contributed by atoms with Crippen molar-refractivity contribution in [3.05, 3.63) is 38.9 Å².